The number of carbonyl (C=O) groups excluding carboxylic acids is 2. The second kappa shape index (κ2) is 9.70. The molecule has 4 rings (SSSR count). The molecule has 2 aromatic heterocycles. The average Bonchev–Trinajstić information content (AvgIpc) is 3.48. The molecule has 0 unspecified atom stereocenters. The number of pyridine rings is 1. The molecule has 160 valence electrons. The number of urea groups is 1. The van der Waals surface area contributed by atoms with Crippen LogP contribution in [0.25, 0.3) is 11.3 Å². The standard InChI is InChI=1S/C23H25N5O2S/c29-21(25-15-20-27-19(16-31-20)18-8-12-24-13-9-18)23(10-4-5-11-23)28-22(30)26-14-17-6-2-1-3-7-17/h1-3,6-9,12-13,16H,4-5,10-11,14-15H2,(H,25,29)(H2,26,28,30). The molecule has 0 saturated heterocycles. The van der Waals surface area contributed by atoms with Crippen LogP contribution in [0.2, 0.25) is 0 Å². The van der Waals surface area contributed by atoms with E-state index in [0.29, 0.717) is 25.9 Å². The second-order valence-corrected chi connectivity index (χ2v) is 8.57. The number of benzene rings is 1. The maximum atomic E-state index is 13.0. The maximum absolute atomic E-state index is 13.0. The first-order valence-corrected chi connectivity index (χ1v) is 11.3. The van der Waals surface area contributed by atoms with E-state index in [1.165, 1.54) is 11.3 Å². The molecule has 3 amide bonds. The monoisotopic (exact) mass is 435 g/mol. The van der Waals surface area contributed by atoms with Crippen molar-refractivity contribution < 1.29 is 9.59 Å². The Morgan fingerprint density at radius 2 is 1.71 bits per heavy atom. The minimum Gasteiger partial charge on any atom is -0.348 e. The molecule has 31 heavy (non-hydrogen) atoms. The summed E-state index contributed by atoms with van der Waals surface area (Å²) in [5.41, 5.74) is 2.00. The zero-order chi connectivity index (χ0) is 21.5. The van der Waals surface area contributed by atoms with E-state index in [1.54, 1.807) is 12.4 Å². The minimum atomic E-state index is -0.869. The van der Waals surface area contributed by atoms with Crippen molar-refractivity contribution in [1.82, 2.24) is 25.9 Å². The number of carbonyl (C=O) groups is 2. The van der Waals surface area contributed by atoms with Crippen LogP contribution < -0.4 is 16.0 Å². The average molecular weight is 436 g/mol. The second-order valence-electron chi connectivity index (χ2n) is 7.63. The first-order chi connectivity index (χ1) is 15.1. The Balaban J connectivity index is 1.34. The number of rotatable bonds is 7. The van der Waals surface area contributed by atoms with Crippen LogP contribution in [-0.2, 0) is 17.9 Å². The number of hydrogen-bond donors (Lipinski definition) is 3. The summed E-state index contributed by atoms with van der Waals surface area (Å²) in [5.74, 6) is -0.152. The van der Waals surface area contributed by atoms with Crippen molar-refractivity contribution in [2.24, 2.45) is 0 Å². The fourth-order valence-corrected chi connectivity index (χ4v) is 4.54. The van der Waals surface area contributed by atoms with Crippen molar-refractivity contribution in [2.45, 2.75) is 44.3 Å². The van der Waals surface area contributed by atoms with E-state index in [2.05, 4.69) is 25.9 Å². The van der Waals surface area contributed by atoms with Crippen LogP contribution in [0.4, 0.5) is 4.79 Å². The van der Waals surface area contributed by atoms with Gasteiger partial charge in [-0.2, -0.15) is 0 Å². The zero-order valence-electron chi connectivity index (χ0n) is 17.1. The van der Waals surface area contributed by atoms with E-state index in [4.69, 9.17) is 0 Å². The predicted octanol–water partition coefficient (Wildman–Crippen LogP) is 3.63. The molecule has 2 heterocycles. The predicted molar refractivity (Wildman–Crippen MR) is 120 cm³/mol. The number of aromatic nitrogens is 2. The molecule has 1 aromatic carbocycles. The summed E-state index contributed by atoms with van der Waals surface area (Å²) in [4.78, 5) is 34.2. The summed E-state index contributed by atoms with van der Waals surface area (Å²) >= 11 is 1.50. The third kappa shape index (κ3) is 5.27. The van der Waals surface area contributed by atoms with E-state index >= 15 is 0 Å². The van der Waals surface area contributed by atoms with Gasteiger partial charge in [0.05, 0.1) is 12.2 Å². The third-order valence-electron chi connectivity index (χ3n) is 5.47. The third-order valence-corrected chi connectivity index (χ3v) is 6.32. The molecule has 1 saturated carbocycles. The Labute approximate surface area is 185 Å². The minimum absolute atomic E-state index is 0.152. The summed E-state index contributed by atoms with van der Waals surface area (Å²) in [6.45, 7) is 0.755. The van der Waals surface area contributed by atoms with Crippen LogP contribution >= 0.6 is 11.3 Å². The van der Waals surface area contributed by atoms with Gasteiger partial charge in [0.15, 0.2) is 0 Å². The molecule has 1 aliphatic rings. The topological polar surface area (TPSA) is 96.0 Å². The van der Waals surface area contributed by atoms with E-state index in [1.807, 2.05) is 47.8 Å². The number of thiazole rings is 1. The largest absolute Gasteiger partial charge is 0.348 e. The SMILES string of the molecule is O=C(NCc1ccccc1)NC1(C(=O)NCc2nc(-c3ccncc3)cs2)CCCC1. The van der Waals surface area contributed by atoms with Gasteiger partial charge in [0.2, 0.25) is 5.91 Å². The van der Waals surface area contributed by atoms with E-state index in [0.717, 1.165) is 34.7 Å². The fraction of sp³-hybridized carbons (Fsp3) is 0.304. The highest BCUT2D eigenvalue weighted by Crippen LogP contribution is 2.30. The number of nitrogens with zero attached hydrogens (tertiary/aromatic N) is 2. The van der Waals surface area contributed by atoms with Gasteiger partial charge < -0.3 is 16.0 Å². The van der Waals surface area contributed by atoms with Crippen molar-refractivity contribution in [3.05, 3.63) is 70.8 Å². The quantitative estimate of drug-likeness (QED) is 0.528. The molecule has 7 nitrogen and oxygen atoms in total. The van der Waals surface area contributed by atoms with Crippen molar-refractivity contribution in [3.63, 3.8) is 0 Å². The van der Waals surface area contributed by atoms with E-state index in [-0.39, 0.29) is 11.9 Å². The first kappa shape index (κ1) is 21.0. The molecule has 1 fully saturated rings. The molecular formula is C23H25N5O2S. The summed E-state index contributed by atoms with van der Waals surface area (Å²) in [6, 6.07) is 13.2. The molecule has 1 aliphatic carbocycles. The van der Waals surface area contributed by atoms with Gasteiger partial charge in [-0.3, -0.25) is 9.78 Å². The van der Waals surface area contributed by atoms with Crippen LogP contribution in [0.15, 0.2) is 60.2 Å². The highest BCUT2D eigenvalue weighted by Gasteiger charge is 2.42. The van der Waals surface area contributed by atoms with Crippen LogP contribution in [0.3, 0.4) is 0 Å². The van der Waals surface area contributed by atoms with E-state index < -0.39 is 5.54 Å². The van der Waals surface area contributed by atoms with Gasteiger partial charge in [0.1, 0.15) is 10.5 Å². The van der Waals surface area contributed by atoms with Crippen molar-refractivity contribution in [1.29, 1.82) is 0 Å². The van der Waals surface area contributed by atoms with Crippen LogP contribution in [0.1, 0.15) is 36.3 Å². The maximum Gasteiger partial charge on any atom is 0.315 e. The first-order valence-electron chi connectivity index (χ1n) is 10.4. The summed E-state index contributed by atoms with van der Waals surface area (Å²) in [7, 11) is 0. The van der Waals surface area contributed by atoms with E-state index in [9.17, 15) is 9.59 Å². The summed E-state index contributed by atoms with van der Waals surface area (Å²) in [6.07, 6.45) is 6.56. The lowest BCUT2D eigenvalue weighted by Crippen LogP contribution is -2.59. The van der Waals surface area contributed by atoms with Gasteiger partial charge in [0.25, 0.3) is 0 Å². The Kier molecular flexibility index (Phi) is 6.57. The molecule has 0 bridgehead atoms. The molecule has 0 atom stereocenters. The number of nitrogens with one attached hydrogen (secondary N) is 3. The number of hydrogen-bond acceptors (Lipinski definition) is 5. The Hall–Kier alpha value is -3.26. The molecule has 8 heteroatoms. The van der Waals surface area contributed by atoms with Gasteiger partial charge >= 0.3 is 6.03 Å². The molecule has 3 aromatic rings. The van der Waals surface area contributed by atoms with Crippen LogP contribution in [-0.4, -0.2) is 27.4 Å². The van der Waals surface area contributed by atoms with Gasteiger partial charge in [-0.15, -0.1) is 11.3 Å². The molecule has 0 aliphatic heterocycles. The van der Waals surface area contributed by atoms with Crippen LogP contribution in [0, 0.1) is 0 Å². The summed E-state index contributed by atoms with van der Waals surface area (Å²) < 4.78 is 0. The van der Waals surface area contributed by atoms with Crippen molar-refractivity contribution in [2.75, 3.05) is 0 Å². The van der Waals surface area contributed by atoms with Gasteiger partial charge in [0, 0.05) is 29.9 Å². The highest BCUT2D eigenvalue weighted by atomic mass is 32.1. The molecule has 3 N–H and O–H groups in total. The Bertz CT molecular complexity index is 1020. The lowest BCUT2D eigenvalue weighted by Gasteiger charge is -2.29. The van der Waals surface area contributed by atoms with Crippen LogP contribution in [0.5, 0.6) is 0 Å². The normalized spacial score (nSPS) is 14.7. The Morgan fingerprint density at radius 1 is 0.968 bits per heavy atom. The zero-order valence-corrected chi connectivity index (χ0v) is 18.0. The number of amides is 3. The van der Waals surface area contributed by atoms with Crippen molar-refractivity contribution in [3.8, 4) is 11.3 Å². The van der Waals surface area contributed by atoms with Crippen molar-refractivity contribution >= 4 is 23.3 Å². The van der Waals surface area contributed by atoms with Gasteiger partial charge in [-0.25, -0.2) is 9.78 Å². The Morgan fingerprint density at radius 3 is 2.45 bits per heavy atom. The lowest BCUT2D eigenvalue weighted by molar-refractivity contribution is -0.127. The molecular weight excluding hydrogens is 410 g/mol. The van der Waals surface area contributed by atoms with Gasteiger partial charge in [-0.05, 0) is 30.5 Å². The lowest BCUT2D eigenvalue weighted by atomic mass is 9.96. The smallest absolute Gasteiger partial charge is 0.315 e. The molecule has 0 radical (unpaired) electrons. The summed E-state index contributed by atoms with van der Waals surface area (Å²) in [5, 5.41) is 11.6. The van der Waals surface area contributed by atoms with Gasteiger partial charge in [-0.1, -0.05) is 43.2 Å². The highest BCUT2D eigenvalue weighted by molar-refractivity contribution is 7.09. The fourth-order valence-electron chi connectivity index (χ4n) is 3.80. The molecule has 0 spiro atoms.